The first-order valence-corrected chi connectivity index (χ1v) is 6.59. The van der Waals surface area contributed by atoms with Crippen molar-refractivity contribution in [3.05, 3.63) is 0 Å². The van der Waals surface area contributed by atoms with Crippen molar-refractivity contribution in [2.45, 2.75) is 19.8 Å². The third kappa shape index (κ3) is 5.55. The maximum atomic E-state index is 3.38. The van der Waals surface area contributed by atoms with Gasteiger partial charge in [-0.3, -0.25) is 4.90 Å². The number of nitrogens with zero attached hydrogens (tertiary/aromatic N) is 1. The summed E-state index contributed by atoms with van der Waals surface area (Å²) >= 11 is 2.11. The molecule has 1 fully saturated rings. The van der Waals surface area contributed by atoms with Crippen LogP contribution in [0.5, 0.6) is 0 Å². The van der Waals surface area contributed by atoms with Crippen molar-refractivity contribution in [1.29, 1.82) is 0 Å². The van der Waals surface area contributed by atoms with E-state index < -0.39 is 0 Å². The minimum absolute atomic E-state index is 1.18. The Balaban J connectivity index is 1.86. The lowest BCUT2D eigenvalue weighted by atomic mass is 10.4. The van der Waals surface area contributed by atoms with Crippen LogP contribution in [-0.4, -0.2) is 49.1 Å². The van der Waals surface area contributed by atoms with Gasteiger partial charge in [0.25, 0.3) is 0 Å². The first-order chi connectivity index (χ1) is 6.43. The Labute approximate surface area is 86.5 Å². The predicted octanol–water partition coefficient (Wildman–Crippen LogP) is 1.42. The molecule has 3 heteroatoms. The highest BCUT2D eigenvalue weighted by Crippen LogP contribution is 2.05. The molecule has 2 nitrogen and oxygen atoms in total. The van der Waals surface area contributed by atoms with Crippen molar-refractivity contribution in [1.82, 2.24) is 10.2 Å². The van der Waals surface area contributed by atoms with Gasteiger partial charge < -0.3 is 5.32 Å². The highest BCUT2D eigenvalue weighted by atomic mass is 32.2. The quantitative estimate of drug-likeness (QED) is 0.656. The summed E-state index contributed by atoms with van der Waals surface area (Å²) in [5.41, 5.74) is 0. The molecule has 1 aliphatic rings. The zero-order chi connectivity index (χ0) is 9.36. The fourth-order valence-corrected chi connectivity index (χ4v) is 2.56. The van der Waals surface area contributed by atoms with E-state index in [0.29, 0.717) is 0 Å². The van der Waals surface area contributed by atoms with Gasteiger partial charge in [0.1, 0.15) is 0 Å². The molecule has 0 radical (unpaired) electrons. The van der Waals surface area contributed by atoms with Crippen molar-refractivity contribution < 1.29 is 0 Å². The maximum absolute atomic E-state index is 3.38. The lowest BCUT2D eigenvalue weighted by Gasteiger charge is -2.26. The van der Waals surface area contributed by atoms with Crippen molar-refractivity contribution in [3.8, 4) is 0 Å². The Hall–Kier alpha value is 0.270. The number of nitrogens with one attached hydrogen (secondary N) is 1. The van der Waals surface area contributed by atoms with E-state index in [1.54, 1.807) is 0 Å². The topological polar surface area (TPSA) is 15.3 Å². The Morgan fingerprint density at radius 2 is 2.00 bits per heavy atom. The summed E-state index contributed by atoms with van der Waals surface area (Å²) in [6.45, 7) is 8.40. The maximum Gasteiger partial charge on any atom is 0.0108 e. The van der Waals surface area contributed by atoms with Gasteiger partial charge >= 0.3 is 0 Å². The molecule has 1 saturated heterocycles. The molecule has 0 saturated carbocycles. The van der Waals surface area contributed by atoms with E-state index >= 15 is 0 Å². The summed E-state index contributed by atoms with van der Waals surface area (Å²) in [7, 11) is 0. The summed E-state index contributed by atoms with van der Waals surface area (Å²) in [4.78, 5) is 2.56. The predicted molar refractivity (Wildman–Crippen MR) is 61.5 cm³/mol. The molecule has 0 spiro atoms. The average molecular weight is 202 g/mol. The smallest absolute Gasteiger partial charge is 0.0108 e. The van der Waals surface area contributed by atoms with E-state index in [4.69, 9.17) is 0 Å². The number of rotatable bonds is 6. The number of thioether (sulfide) groups is 1. The third-order valence-corrected chi connectivity index (χ3v) is 3.45. The van der Waals surface area contributed by atoms with Gasteiger partial charge in [-0.25, -0.2) is 0 Å². The van der Waals surface area contributed by atoms with Crippen LogP contribution < -0.4 is 5.32 Å². The van der Waals surface area contributed by atoms with Crippen LogP contribution in [0.15, 0.2) is 0 Å². The van der Waals surface area contributed by atoms with Gasteiger partial charge in [0, 0.05) is 38.5 Å². The molecule has 1 N–H and O–H groups in total. The molecule has 13 heavy (non-hydrogen) atoms. The summed E-state index contributed by atoms with van der Waals surface area (Å²) in [6, 6.07) is 0. The molecule has 0 aromatic heterocycles. The molecule has 0 bridgehead atoms. The SMILES string of the molecule is CCCCSCCN1CCNCC1. The van der Waals surface area contributed by atoms with Crippen LogP contribution in [0.2, 0.25) is 0 Å². The molecular weight excluding hydrogens is 180 g/mol. The molecular formula is C10H22N2S. The molecule has 0 unspecified atom stereocenters. The van der Waals surface area contributed by atoms with Gasteiger partial charge in [-0.05, 0) is 12.2 Å². The Kier molecular flexibility index (Phi) is 6.68. The van der Waals surface area contributed by atoms with E-state index in [9.17, 15) is 0 Å². The van der Waals surface area contributed by atoms with Gasteiger partial charge in [-0.15, -0.1) is 0 Å². The van der Waals surface area contributed by atoms with Crippen molar-refractivity contribution in [2.24, 2.45) is 0 Å². The van der Waals surface area contributed by atoms with Crippen LogP contribution in [0.3, 0.4) is 0 Å². The minimum Gasteiger partial charge on any atom is -0.314 e. The number of unbranched alkanes of at least 4 members (excludes halogenated alkanes) is 1. The first kappa shape index (κ1) is 11.3. The molecule has 1 aliphatic heterocycles. The highest BCUT2D eigenvalue weighted by Gasteiger charge is 2.07. The lowest BCUT2D eigenvalue weighted by molar-refractivity contribution is 0.255. The monoisotopic (exact) mass is 202 g/mol. The van der Waals surface area contributed by atoms with Crippen molar-refractivity contribution >= 4 is 11.8 Å². The second-order valence-electron chi connectivity index (χ2n) is 3.56. The normalized spacial score (nSPS) is 19.2. The van der Waals surface area contributed by atoms with E-state index in [-0.39, 0.29) is 0 Å². The first-order valence-electron chi connectivity index (χ1n) is 5.44. The summed E-state index contributed by atoms with van der Waals surface area (Å²) < 4.78 is 0. The molecule has 0 amide bonds. The van der Waals surface area contributed by atoms with Gasteiger partial charge in [-0.1, -0.05) is 13.3 Å². The number of piperazine rings is 1. The van der Waals surface area contributed by atoms with Crippen molar-refractivity contribution in [3.63, 3.8) is 0 Å². The second kappa shape index (κ2) is 7.65. The van der Waals surface area contributed by atoms with Crippen LogP contribution in [-0.2, 0) is 0 Å². The third-order valence-electron chi connectivity index (χ3n) is 2.40. The summed E-state index contributed by atoms with van der Waals surface area (Å²) in [5.74, 6) is 2.67. The average Bonchev–Trinajstić information content (AvgIpc) is 2.19. The van der Waals surface area contributed by atoms with Crippen LogP contribution in [0, 0.1) is 0 Å². The Morgan fingerprint density at radius 3 is 2.69 bits per heavy atom. The van der Waals surface area contributed by atoms with Crippen LogP contribution in [0.4, 0.5) is 0 Å². The molecule has 0 aromatic carbocycles. The highest BCUT2D eigenvalue weighted by molar-refractivity contribution is 7.99. The molecule has 1 heterocycles. The zero-order valence-corrected chi connectivity index (χ0v) is 9.54. The van der Waals surface area contributed by atoms with Gasteiger partial charge in [0.2, 0.25) is 0 Å². The second-order valence-corrected chi connectivity index (χ2v) is 4.78. The van der Waals surface area contributed by atoms with E-state index in [0.717, 1.165) is 0 Å². The number of hydrogen-bond acceptors (Lipinski definition) is 3. The molecule has 0 aromatic rings. The van der Waals surface area contributed by atoms with Crippen LogP contribution in [0.1, 0.15) is 19.8 Å². The Bertz CT molecular complexity index is 113. The molecule has 1 rings (SSSR count). The standard InChI is InChI=1S/C10H22N2S/c1-2-3-9-13-10-8-12-6-4-11-5-7-12/h11H,2-10H2,1H3. The van der Waals surface area contributed by atoms with Gasteiger partial charge in [0.15, 0.2) is 0 Å². The fourth-order valence-electron chi connectivity index (χ4n) is 1.48. The van der Waals surface area contributed by atoms with Crippen molar-refractivity contribution in [2.75, 3.05) is 44.2 Å². The minimum atomic E-state index is 1.18. The zero-order valence-electron chi connectivity index (χ0n) is 8.72. The van der Waals surface area contributed by atoms with Gasteiger partial charge in [0.05, 0.1) is 0 Å². The summed E-state index contributed by atoms with van der Waals surface area (Å²) in [6.07, 6.45) is 2.72. The van der Waals surface area contributed by atoms with E-state index in [1.165, 1.54) is 57.1 Å². The number of hydrogen-bond donors (Lipinski definition) is 1. The largest absolute Gasteiger partial charge is 0.314 e. The molecule has 0 atom stereocenters. The fraction of sp³-hybridized carbons (Fsp3) is 1.00. The van der Waals surface area contributed by atoms with E-state index in [2.05, 4.69) is 28.9 Å². The van der Waals surface area contributed by atoms with Gasteiger partial charge in [-0.2, -0.15) is 11.8 Å². The molecule has 0 aliphatic carbocycles. The molecule has 78 valence electrons. The lowest BCUT2D eigenvalue weighted by Crippen LogP contribution is -2.44. The van der Waals surface area contributed by atoms with Crippen LogP contribution >= 0.6 is 11.8 Å². The summed E-state index contributed by atoms with van der Waals surface area (Å²) in [5, 5.41) is 3.38. The van der Waals surface area contributed by atoms with Crippen LogP contribution in [0.25, 0.3) is 0 Å². The van der Waals surface area contributed by atoms with E-state index in [1.807, 2.05) is 0 Å². The Morgan fingerprint density at radius 1 is 1.23 bits per heavy atom.